The number of fused-ring (bicyclic) bond motifs is 3. The third-order valence-electron chi connectivity index (χ3n) is 6.74. The van der Waals surface area contributed by atoms with Gasteiger partial charge in [-0.05, 0) is 65.5 Å². The highest BCUT2D eigenvalue weighted by Gasteiger charge is 2.50. The number of benzene rings is 1. The van der Waals surface area contributed by atoms with Gasteiger partial charge in [-0.25, -0.2) is 0 Å². The first kappa shape index (κ1) is 16.7. The van der Waals surface area contributed by atoms with Gasteiger partial charge >= 0.3 is 0 Å². The van der Waals surface area contributed by atoms with Gasteiger partial charge in [-0.3, -0.25) is 0 Å². The zero-order chi connectivity index (χ0) is 17.0. The molecule has 2 heteroatoms. The second-order valence-electron chi connectivity index (χ2n) is 8.87. The van der Waals surface area contributed by atoms with E-state index in [1.807, 2.05) is 0 Å². The van der Waals surface area contributed by atoms with Gasteiger partial charge in [-0.2, -0.15) is 0 Å². The van der Waals surface area contributed by atoms with Crippen LogP contribution in [-0.4, -0.2) is 12.2 Å². The third kappa shape index (κ3) is 2.37. The van der Waals surface area contributed by atoms with Gasteiger partial charge in [0.1, 0.15) is 0 Å². The van der Waals surface area contributed by atoms with Crippen molar-refractivity contribution in [2.24, 2.45) is 11.3 Å². The van der Waals surface area contributed by atoms with Gasteiger partial charge in [0.05, 0.1) is 7.11 Å². The molecule has 0 saturated heterocycles. The SMILES string of the molecule is COc1cc2c(c(C(C)C)c1O)CC[C@@H]1C(C)(C)CCC[C@]21C. The third-order valence-corrected chi connectivity index (χ3v) is 6.74. The van der Waals surface area contributed by atoms with Crippen molar-refractivity contribution < 1.29 is 9.84 Å². The fourth-order valence-corrected chi connectivity index (χ4v) is 5.71. The Bertz CT molecular complexity index is 615. The minimum absolute atomic E-state index is 0.208. The Balaban J connectivity index is 2.24. The largest absolute Gasteiger partial charge is 0.504 e. The Hall–Kier alpha value is -1.18. The Kier molecular flexibility index (Phi) is 3.93. The minimum atomic E-state index is 0.208. The lowest BCUT2D eigenvalue weighted by Crippen LogP contribution is -2.48. The zero-order valence-electron chi connectivity index (χ0n) is 15.6. The molecule has 128 valence electrons. The van der Waals surface area contributed by atoms with E-state index in [9.17, 15) is 5.11 Å². The first-order valence-electron chi connectivity index (χ1n) is 9.15. The summed E-state index contributed by atoms with van der Waals surface area (Å²) in [6.45, 7) is 11.7. The topological polar surface area (TPSA) is 29.5 Å². The summed E-state index contributed by atoms with van der Waals surface area (Å²) < 4.78 is 5.53. The molecule has 2 nitrogen and oxygen atoms in total. The molecule has 0 bridgehead atoms. The van der Waals surface area contributed by atoms with E-state index in [-0.39, 0.29) is 5.41 Å². The van der Waals surface area contributed by atoms with Crippen molar-refractivity contribution in [2.45, 2.75) is 78.1 Å². The lowest BCUT2D eigenvalue weighted by Gasteiger charge is -2.54. The highest BCUT2D eigenvalue weighted by molar-refractivity contribution is 5.58. The number of rotatable bonds is 2. The number of methoxy groups -OCH3 is 1. The fourth-order valence-electron chi connectivity index (χ4n) is 5.71. The van der Waals surface area contributed by atoms with Crippen molar-refractivity contribution in [1.29, 1.82) is 0 Å². The molecule has 0 aromatic heterocycles. The predicted octanol–water partition coefficient (Wildman–Crippen LogP) is 5.55. The molecule has 1 aromatic rings. The summed E-state index contributed by atoms with van der Waals surface area (Å²) >= 11 is 0. The van der Waals surface area contributed by atoms with Crippen LogP contribution in [0.25, 0.3) is 0 Å². The molecule has 1 aromatic carbocycles. The van der Waals surface area contributed by atoms with Crippen molar-refractivity contribution in [3.63, 3.8) is 0 Å². The van der Waals surface area contributed by atoms with Gasteiger partial charge in [0.2, 0.25) is 0 Å². The molecule has 0 aliphatic heterocycles. The molecule has 1 fully saturated rings. The Morgan fingerprint density at radius 3 is 2.52 bits per heavy atom. The summed E-state index contributed by atoms with van der Waals surface area (Å²) in [7, 11) is 1.67. The van der Waals surface area contributed by atoms with E-state index in [0.29, 0.717) is 28.7 Å². The molecule has 0 heterocycles. The molecule has 0 unspecified atom stereocenters. The molecular formula is C21H32O2. The van der Waals surface area contributed by atoms with Gasteiger partial charge in [-0.1, -0.05) is 41.0 Å². The van der Waals surface area contributed by atoms with Gasteiger partial charge in [0.15, 0.2) is 11.5 Å². The van der Waals surface area contributed by atoms with E-state index in [1.165, 1.54) is 36.8 Å². The van der Waals surface area contributed by atoms with Crippen molar-refractivity contribution in [1.82, 2.24) is 0 Å². The molecular weight excluding hydrogens is 284 g/mol. The van der Waals surface area contributed by atoms with Crippen LogP contribution >= 0.6 is 0 Å². The van der Waals surface area contributed by atoms with E-state index in [4.69, 9.17) is 4.74 Å². The molecule has 1 N–H and O–H groups in total. The summed E-state index contributed by atoms with van der Waals surface area (Å²) in [6, 6.07) is 2.14. The van der Waals surface area contributed by atoms with Crippen LogP contribution in [0.3, 0.4) is 0 Å². The highest BCUT2D eigenvalue weighted by Crippen LogP contribution is 2.59. The van der Waals surface area contributed by atoms with Gasteiger partial charge in [0, 0.05) is 5.56 Å². The van der Waals surface area contributed by atoms with Crippen molar-refractivity contribution in [3.05, 3.63) is 22.8 Å². The van der Waals surface area contributed by atoms with Gasteiger partial charge in [-0.15, -0.1) is 0 Å². The van der Waals surface area contributed by atoms with Crippen LogP contribution in [0.5, 0.6) is 11.5 Å². The number of hydrogen-bond donors (Lipinski definition) is 1. The number of ether oxygens (including phenoxy) is 1. The minimum Gasteiger partial charge on any atom is -0.504 e. The van der Waals surface area contributed by atoms with E-state index in [0.717, 1.165) is 12.0 Å². The van der Waals surface area contributed by atoms with Crippen LogP contribution in [-0.2, 0) is 11.8 Å². The molecule has 0 radical (unpaired) electrons. The number of phenols is 1. The van der Waals surface area contributed by atoms with Gasteiger partial charge < -0.3 is 9.84 Å². The first-order valence-corrected chi connectivity index (χ1v) is 9.15. The molecule has 2 aliphatic rings. The zero-order valence-corrected chi connectivity index (χ0v) is 15.6. The van der Waals surface area contributed by atoms with Crippen molar-refractivity contribution in [2.75, 3.05) is 7.11 Å². The van der Waals surface area contributed by atoms with Crippen molar-refractivity contribution >= 4 is 0 Å². The molecule has 0 amide bonds. The molecule has 2 aliphatic carbocycles. The second kappa shape index (κ2) is 5.43. The van der Waals surface area contributed by atoms with E-state index in [1.54, 1.807) is 7.11 Å². The lowest BCUT2D eigenvalue weighted by atomic mass is 9.50. The molecule has 1 saturated carbocycles. The van der Waals surface area contributed by atoms with Crippen LogP contribution in [0, 0.1) is 11.3 Å². The van der Waals surface area contributed by atoms with Crippen molar-refractivity contribution in [3.8, 4) is 11.5 Å². The molecule has 2 atom stereocenters. The second-order valence-corrected chi connectivity index (χ2v) is 8.87. The molecule has 3 rings (SSSR count). The Morgan fingerprint density at radius 1 is 1.22 bits per heavy atom. The Morgan fingerprint density at radius 2 is 1.91 bits per heavy atom. The molecule has 23 heavy (non-hydrogen) atoms. The maximum Gasteiger partial charge on any atom is 0.161 e. The Labute approximate surface area is 141 Å². The first-order chi connectivity index (χ1) is 10.7. The van der Waals surface area contributed by atoms with Crippen LogP contribution < -0.4 is 4.74 Å². The smallest absolute Gasteiger partial charge is 0.161 e. The standard InChI is InChI=1S/C21H32O2/c1-13(2)18-14-8-9-17-20(3,4)10-7-11-21(17,5)15(14)12-16(23-6)19(18)22/h12-13,17,22H,7-11H2,1-6H3/t17-,21-/m1/s1. The summed E-state index contributed by atoms with van der Waals surface area (Å²) in [6.07, 6.45) is 6.19. The van der Waals surface area contributed by atoms with E-state index >= 15 is 0 Å². The average Bonchev–Trinajstić information content (AvgIpc) is 2.45. The van der Waals surface area contributed by atoms with Crippen LogP contribution in [0.4, 0.5) is 0 Å². The van der Waals surface area contributed by atoms with Crippen LogP contribution in [0.2, 0.25) is 0 Å². The van der Waals surface area contributed by atoms with Gasteiger partial charge in [0.25, 0.3) is 0 Å². The fraction of sp³-hybridized carbons (Fsp3) is 0.714. The average molecular weight is 316 g/mol. The summed E-state index contributed by atoms with van der Waals surface area (Å²) in [5.74, 6) is 2.04. The number of aromatic hydroxyl groups is 1. The monoisotopic (exact) mass is 316 g/mol. The lowest BCUT2D eigenvalue weighted by molar-refractivity contribution is 0.0403. The number of phenolic OH excluding ortho intramolecular Hbond substituents is 1. The van der Waals surface area contributed by atoms with Crippen LogP contribution in [0.15, 0.2) is 6.07 Å². The summed E-state index contributed by atoms with van der Waals surface area (Å²) in [5.41, 5.74) is 4.56. The quantitative estimate of drug-likeness (QED) is 0.774. The highest BCUT2D eigenvalue weighted by atomic mass is 16.5. The maximum atomic E-state index is 10.7. The van der Waals surface area contributed by atoms with E-state index in [2.05, 4.69) is 40.7 Å². The summed E-state index contributed by atoms with van der Waals surface area (Å²) in [4.78, 5) is 0. The summed E-state index contributed by atoms with van der Waals surface area (Å²) in [5, 5.41) is 10.7. The van der Waals surface area contributed by atoms with Crippen LogP contribution in [0.1, 0.15) is 82.9 Å². The predicted molar refractivity (Wildman–Crippen MR) is 95.5 cm³/mol. The number of hydrogen-bond acceptors (Lipinski definition) is 2. The normalized spacial score (nSPS) is 29.1. The van der Waals surface area contributed by atoms with E-state index < -0.39 is 0 Å². The maximum absolute atomic E-state index is 10.7. The molecule has 0 spiro atoms.